The molecule has 1 N–H and O–H groups in total. The summed E-state index contributed by atoms with van der Waals surface area (Å²) in [5.41, 5.74) is 1.75. The van der Waals surface area contributed by atoms with Gasteiger partial charge in [0.05, 0.1) is 24.2 Å². The molecule has 1 amide bonds. The van der Waals surface area contributed by atoms with E-state index in [1.807, 2.05) is 30.0 Å². The summed E-state index contributed by atoms with van der Waals surface area (Å²) in [6.07, 6.45) is 2.65. The van der Waals surface area contributed by atoms with Gasteiger partial charge in [0.2, 0.25) is 5.91 Å². The third kappa shape index (κ3) is 5.28. The Morgan fingerprint density at radius 3 is 2.81 bits per heavy atom. The van der Waals surface area contributed by atoms with Gasteiger partial charge in [-0.15, -0.1) is 0 Å². The highest BCUT2D eigenvalue weighted by atomic mass is 79.9. The van der Waals surface area contributed by atoms with Gasteiger partial charge in [0.25, 0.3) is 0 Å². The van der Waals surface area contributed by atoms with Crippen LogP contribution in [0.4, 0.5) is 5.69 Å². The summed E-state index contributed by atoms with van der Waals surface area (Å²) >= 11 is 3.42. The standard InChI is InChI=1S/C18H25BrN2O4S/c1-13-9-14(19)4-5-17(13)20-18(22)11-21(10-16-3-2-7-25-16)15-6-8-26(23,24)12-15/h4-5,9,15-16H,2-3,6-8,10-12H2,1H3,(H,20,22). The van der Waals surface area contributed by atoms with Gasteiger partial charge in [-0.05, 0) is 49.9 Å². The molecule has 26 heavy (non-hydrogen) atoms. The first kappa shape index (κ1) is 19.8. The maximum absolute atomic E-state index is 12.6. The number of ether oxygens (including phenoxy) is 1. The molecule has 2 atom stereocenters. The molecule has 2 unspecified atom stereocenters. The van der Waals surface area contributed by atoms with Crippen molar-refractivity contribution in [1.29, 1.82) is 0 Å². The van der Waals surface area contributed by atoms with Gasteiger partial charge >= 0.3 is 0 Å². The number of hydrogen-bond donors (Lipinski definition) is 1. The zero-order chi connectivity index (χ0) is 18.7. The molecule has 0 spiro atoms. The van der Waals surface area contributed by atoms with Crippen molar-refractivity contribution in [1.82, 2.24) is 4.90 Å². The van der Waals surface area contributed by atoms with Gasteiger partial charge in [0, 0.05) is 29.4 Å². The van der Waals surface area contributed by atoms with Crippen molar-refractivity contribution in [3.8, 4) is 0 Å². The number of sulfone groups is 1. The van der Waals surface area contributed by atoms with E-state index in [1.54, 1.807) is 0 Å². The number of hydrogen-bond acceptors (Lipinski definition) is 5. The average molecular weight is 445 g/mol. The summed E-state index contributed by atoms with van der Waals surface area (Å²) in [6.45, 7) is 3.46. The molecule has 0 aliphatic carbocycles. The van der Waals surface area contributed by atoms with Crippen LogP contribution in [0.1, 0.15) is 24.8 Å². The van der Waals surface area contributed by atoms with Gasteiger partial charge < -0.3 is 10.1 Å². The minimum Gasteiger partial charge on any atom is -0.377 e. The second-order valence-electron chi connectivity index (χ2n) is 7.13. The van der Waals surface area contributed by atoms with Crippen molar-refractivity contribution in [3.63, 3.8) is 0 Å². The zero-order valence-corrected chi connectivity index (χ0v) is 17.3. The minimum atomic E-state index is -3.00. The first-order valence-corrected chi connectivity index (χ1v) is 11.6. The number of nitrogens with zero attached hydrogens (tertiary/aromatic N) is 1. The number of benzene rings is 1. The molecule has 8 heteroatoms. The van der Waals surface area contributed by atoms with Crippen molar-refractivity contribution in [2.24, 2.45) is 0 Å². The lowest BCUT2D eigenvalue weighted by Crippen LogP contribution is -2.45. The molecule has 2 heterocycles. The highest BCUT2D eigenvalue weighted by Gasteiger charge is 2.34. The summed E-state index contributed by atoms with van der Waals surface area (Å²) in [5, 5.41) is 2.95. The molecule has 144 valence electrons. The molecular formula is C18H25BrN2O4S. The molecule has 0 saturated carbocycles. The molecule has 2 aliphatic heterocycles. The van der Waals surface area contributed by atoms with Crippen molar-refractivity contribution >= 4 is 37.4 Å². The molecular weight excluding hydrogens is 420 g/mol. The monoisotopic (exact) mass is 444 g/mol. The molecule has 1 aromatic rings. The zero-order valence-electron chi connectivity index (χ0n) is 14.9. The number of rotatable bonds is 6. The van der Waals surface area contributed by atoms with E-state index in [0.717, 1.165) is 35.2 Å². The lowest BCUT2D eigenvalue weighted by atomic mass is 10.1. The Labute approximate surface area is 163 Å². The molecule has 0 aromatic heterocycles. The third-order valence-electron chi connectivity index (χ3n) is 5.00. The lowest BCUT2D eigenvalue weighted by Gasteiger charge is -2.29. The topological polar surface area (TPSA) is 75.7 Å². The SMILES string of the molecule is Cc1cc(Br)ccc1NC(=O)CN(CC1CCCO1)C1CCS(=O)(=O)C1. The van der Waals surface area contributed by atoms with Crippen molar-refractivity contribution in [2.75, 3.05) is 36.5 Å². The summed E-state index contributed by atoms with van der Waals surface area (Å²) in [7, 11) is -3.00. The van der Waals surface area contributed by atoms with Crippen LogP contribution in [0, 0.1) is 6.92 Å². The van der Waals surface area contributed by atoms with E-state index in [0.29, 0.717) is 13.0 Å². The molecule has 0 radical (unpaired) electrons. The Hall–Kier alpha value is -0.960. The lowest BCUT2D eigenvalue weighted by molar-refractivity contribution is -0.118. The van der Waals surface area contributed by atoms with Gasteiger partial charge in [-0.2, -0.15) is 0 Å². The molecule has 1 aromatic carbocycles. The maximum atomic E-state index is 12.6. The van der Waals surface area contributed by atoms with E-state index in [4.69, 9.17) is 4.74 Å². The first-order chi connectivity index (χ1) is 12.3. The van der Waals surface area contributed by atoms with Crippen LogP contribution in [0.2, 0.25) is 0 Å². The second kappa shape index (κ2) is 8.37. The fourth-order valence-electron chi connectivity index (χ4n) is 3.60. The van der Waals surface area contributed by atoms with Crippen LogP contribution in [0.5, 0.6) is 0 Å². The fraction of sp³-hybridized carbons (Fsp3) is 0.611. The first-order valence-electron chi connectivity index (χ1n) is 8.94. The predicted molar refractivity (Wildman–Crippen MR) is 105 cm³/mol. The van der Waals surface area contributed by atoms with Crippen LogP contribution in [0.15, 0.2) is 22.7 Å². The van der Waals surface area contributed by atoms with Crippen LogP contribution < -0.4 is 5.32 Å². The Morgan fingerprint density at radius 1 is 1.38 bits per heavy atom. The van der Waals surface area contributed by atoms with E-state index >= 15 is 0 Å². The predicted octanol–water partition coefficient (Wildman–Crippen LogP) is 2.36. The number of carbonyl (C=O) groups excluding carboxylic acids is 1. The molecule has 2 fully saturated rings. The smallest absolute Gasteiger partial charge is 0.238 e. The normalized spacial score (nSPS) is 24.9. The number of halogens is 1. The summed E-state index contributed by atoms with van der Waals surface area (Å²) < 4.78 is 30.4. The Balaban J connectivity index is 1.66. The van der Waals surface area contributed by atoms with E-state index < -0.39 is 9.84 Å². The van der Waals surface area contributed by atoms with E-state index in [-0.39, 0.29) is 36.1 Å². The second-order valence-corrected chi connectivity index (χ2v) is 10.3. The third-order valence-corrected chi connectivity index (χ3v) is 7.24. The quantitative estimate of drug-likeness (QED) is 0.728. The van der Waals surface area contributed by atoms with Crippen LogP contribution in [-0.4, -0.2) is 62.6 Å². The number of carbonyl (C=O) groups is 1. The van der Waals surface area contributed by atoms with Crippen LogP contribution in [0.3, 0.4) is 0 Å². The molecule has 3 rings (SSSR count). The highest BCUT2D eigenvalue weighted by Crippen LogP contribution is 2.23. The molecule has 2 aliphatic rings. The minimum absolute atomic E-state index is 0.0838. The number of anilines is 1. The highest BCUT2D eigenvalue weighted by molar-refractivity contribution is 9.10. The van der Waals surface area contributed by atoms with Gasteiger partial charge in [-0.25, -0.2) is 8.42 Å². The number of amides is 1. The van der Waals surface area contributed by atoms with Crippen molar-refractivity contribution in [3.05, 3.63) is 28.2 Å². The van der Waals surface area contributed by atoms with Crippen LogP contribution in [0.25, 0.3) is 0 Å². The maximum Gasteiger partial charge on any atom is 0.238 e. The van der Waals surface area contributed by atoms with E-state index in [1.165, 1.54) is 0 Å². The summed E-state index contributed by atoms with van der Waals surface area (Å²) in [6, 6.07) is 5.59. The molecule has 2 saturated heterocycles. The molecule has 0 bridgehead atoms. The summed E-state index contributed by atoms with van der Waals surface area (Å²) in [5.74, 6) is 0.204. The van der Waals surface area contributed by atoms with E-state index in [9.17, 15) is 13.2 Å². The van der Waals surface area contributed by atoms with Gasteiger partial charge in [0.15, 0.2) is 9.84 Å². The molecule has 6 nitrogen and oxygen atoms in total. The van der Waals surface area contributed by atoms with Crippen LogP contribution >= 0.6 is 15.9 Å². The van der Waals surface area contributed by atoms with E-state index in [2.05, 4.69) is 21.2 Å². The Morgan fingerprint density at radius 2 is 2.19 bits per heavy atom. The van der Waals surface area contributed by atoms with Gasteiger partial charge in [-0.3, -0.25) is 9.69 Å². The number of nitrogens with one attached hydrogen (secondary N) is 1. The van der Waals surface area contributed by atoms with Crippen molar-refractivity contribution in [2.45, 2.75) is 38.3 Å². The van der Waals surface area contributed by atoms with Crippen molar-refractivity contribution < 1.29 is 17.9 Å². The summed E-state index contributed by atoms with van der Waals surface area (Å²) in [4.78, 5) is 14.6. The largest absolute Gasteiger partial charge is 0.377 e. The Bertz CT molecular complexity index is 762. The van der Waals surface area contributed by atoms with Gasteiger partial charge in [0.1, 0.15) is 0 Å². The Kier molecular flexibility index (Phi) is 6.37. The fourth-order valence-corrected chi connectivity index (χ4v) is 5.83. The van der Waals surface area contributed by atoms with Gasteiger partial charge in [-0.1, -0.05) is 15.9 Å². The van der Waals surface area contributed by atoms with Crippen LogP contribution in [-0.2, 0) is 19.4 Å². The average Bonchev–Trinajstić information content (AvgIpc) is 3.19. The number of aryl methyl sites for hydroxylation is 1.